The summed E-state index contributed by atoms with van der Waals surface area (Å²) in [5.74, 6) is 6.49. The van der Waals surface area contributed by atoms with Crippen molar-refractivity contribution >= 4 is 17.0 Å². The smallest absolute Gasteiger partial charge is 0.0710 e. The molecule has 5 aromatic carbocycles. The summed E-state index contributed by atoms with van der Waals surface area (Å²) >= 11 is 0. The topological polar surface area (TPSA) is 64.1 Å². The van der Waals surface area contributed by atoms with Crippen LogP contribution < -0.4 is 17.0 Å². The van der Waals surface area contributed by atoms with Crippen LogP contribution in [0.4, 0.5) is 5.69 Å². The van der Waals surface area contributed by atoms with Crippen LogP contribution in [0.5, 0.6) is 0 Å². The van der Waals surface area contributed by atoms with Crippen molar-refractivity contribution < 1.29 is 0 Å². The molecule has 0 radical (unpaired) electrons. The Morgan fingerprint density at radius 2 is 1.20 bits per heavy atom. The van der Waals surface area contributed by atoms with Gasteiger partial charge in [-0.25, -0.2) is 0 Å². The summed E-state index contributed by atoms with van der Waals surface area (Å²) in [4.78, 5) is 0. The number of benzene rings is 5. The standard InChI is InChI=1S/C52H48N2.C6H7N.2C2H6/c1-3-21-41(48(42-24-11-6-12-25-42)38-51(54-53)43-36-34-40(35-37-43)39-22-9-5-10-23-39)26-17-18-31-46-47-32-19-20-33-50(47)52(49(46)4-2)44-27-13-7-14-28-45(52)30-16-8-15-29-44;7-6-4-2-1-3-5-6;2*1-2/h3-17,19-20,22-30,32-38,41,48,54H,1-2,18,21,31,53H2;1-5H,7H2;2*1-2H3/b13-7-,14-7?,15-8?,16-8-,26-17-,27-13?,28-14-,29-15-,30-16?,44-27-,44-29?,45-28?,45-30-,51-38-;;;. The number of fused-ring (bicyclic) bond motifs is 1. The molecule has 65 heavy (non-hydrogen) atoms. The summed E-state index contributed by atoms with van der Waals surface area (Å²) in [7, 11) is 0. The van der Waals surface area contributed by atoms with Crippen LogP contribution in [0.15, 0.2) is 261 Å². The number of para-hydroxylation sites is 1. The first kappa shape index (κ1) is 48.8. The molecule has 3 nitrogen and oxygen atoms in total. The molecule has 2 bridgehead atoms. The van der Waals surface area contributed by atoms with Gasteiger partial charge in [0.05, 0.1) is 11.1 Å². The van der Waals surface area contributed by atoms with E-state index in [1.165, 1.54) is 50.1 Å². The summed E-state index contributed by atoms with van der Waals surface area (Å²) in [6.07, 6.45) is 35.6. The monoisotopic (exact) mass is 854 g/mol. The zero-order valence-corrected chi connectivity index (χ0v) is 38.8. The lowest BCUT2D eigenvalue weighted by atomic mass is 9.64. The summed E-state index contributed by atoms with van der Waals surface area (Å²) in [5, 5.41) is 0. The van der Waals surface area contributed by atoms with E-state index < -0.39 is 5.41 Å². The third-order valence-electron chi connectivity index (χ3n) is 11.6. The fraction of sp³-hybridized carbons (Fsp3) is 0.161. The zero-order chi connectivity index (χ0) is 46.3. The fourth-order valence-corrected chi connectivity index (χ4v) is 8.81. The molecular weight excluding hydrogens is 787 g/mol. The number of hydrazine groups is 1. The quantitative estimate of drug-likeness (QED) is 0.0478. The van der Waals surface area contributed by atoms with E-state index >= 15 is 0 Å². The highest BCUT2D eigenvalue weighted by molar-refractivity contribution is 5.88. The molecule has 3 heteroatoms. The van der Waals surface area contributed by atoms with Crippen molar-refractivity contribution in [2.75, 3.05) is 5.73 Å². The molecule has 5 aromatic rings. The Bertz CT molecular complexity index is 2520. The first-order valence-corrected chi connectivity index (χ1v) is 23.1. The molecule has 2 unspecified atom stereocenters. The molecule has 0 saturated carbocycles. The maximum atomic E-state index is 6.25. The second kappa shape index (κ2) is 25.8. The van der Waals surface area contributed by atoms with Gasteiger partial charge >= 0.3 is 0 Å². The molecule has 0 amide bonds. The number of anilines is 1. The van der Waals surface area contributed by atoms with Crippen molar-refractivity contribution in [1.29, 1.82) is 0 Å². The van der Waals surface area contributed by atoms with E-state index in [1.54, 1.807) is 0 Å². The van der Waals surface area contributed by atoms with E-state index in [9.17, 15) is 0 Å². The first-order valence-electron chi connectivity index (χ1n) is 23.1. The van der Waals surface area contributed by atoms with E-state index in [0.29, 0.717) is 0 Å². The van der Waals surface area contributed by atoms with E-state index in [0.717, 1.165) is 36.2 Å². The molecule has 3 aliphatic rings. The van der Waals surface area contributed by atoms with Crippen LogP contribution in [0.25, 0.3) is 22.4 Å². The van der Waals surface area contributed by atoms with Gasteiger partial charge in [0.15, 0.2) is 0 Å². The molecule has 3 aliphatic carbocycles. The van der Waals surface area contributed by atoms with Gasteiger partial charge in [-0.15, -0.1) is 6.58 Å². The third kappa shape index (κ3) is 11.9. The second-order valence-corrected chi connectivity index (χ2v) is 15.3. The van der Waals surface area contributed by atoms with Crippen LogP contribution in [0.2, 0.25) is 0 Å². The lowest BCUT2D eigenvalue weighted by Crippen LogP contribution is -2.30. The molecule has 330 valence electrons. The highest BCUT2D eigenvalue weighted by atomic mass is 15.2. The van der Waals surface area contributed by atoms with E-state index in [2.05, 4.69) is 207 Å². The number of allylic oxidation sites excluding steroid dienone is 19. The van der Waals surface area contributed by atoms with Gasteiger partial charge in [0.1, 0.15) is 0 Å². The minimum Gasteiger partial charge on any atom is -0.399 e. The number of nitrogen functional groups attached to an aromatic ring is 1. The minimum atomic E-state index is -0.431. The summed E-state index contributed by atoms with van der Waals surface area (Å²) < 4.78 is 0. The van der Waals surface area contributed by atoms with Crippen LogP contribution in [0.3, 0.4) is 0 Å². The number of rotatable bonds is 13. The Balaban J connectivity index is 0.000000645. The summed E-state index contributed by atoms with van der Waals surface area (Å²) in [5.41, 5.74) is 22.0. The molecule has 1 spiro atoms. The Morgan fingerprint density at radius 1 is 0.646 bits per heavy atom. The number of hydrogen-bond donors (Lipinski definition) is 3. The predicted octanol–water partition coefficient (Wildman–Crippen LogP) is 15.8. The maximum Gasteiger partial charge on any atom is 0.0710 e. The second-order valence-electron chi connectivity index (χ2n) is 15.3. The highest BCUT2D eigenvalue weighted by Crippen LogP contribution is 2.57. The van der Waals surface area contributed by atoms with E-state index in [-0.39, 0.29) is 11.8 Å². The van der Waals surface area contributed by atoms with Gasteiger partial charge in [0.2, 0.25) is 0 Å². The Labute approximate surface area is 390 Å². The highest BCUT2D eigenvalue weighted by Gasteiger charge is 2.47. The van der Waals surface area contributed by atoms with E-state index in [1.807, 2.05) is 70.2 Å². The van der Waals surface area contributed by atoms with Crippen LogP contribution in [0, 0.1) is 5.92 Å². The normalized spacial score (nSPS) is 20.2. The largest absolute Gasteiger partial charge is 0.399 e. The lowest BCUT2D eigenvalue weighted by molar-refractivity contribution is 0.589. The van der Waals surface area contributed by atoms with Gasteiger partial charge in [-0.1, -0.05) is 253 Å². The van der Waals surface area contributed by atoms with Gasteiger partial charge in [-0.2, -0.15) is 0 Å². The summed E-state index contributed by atoms with van der Waals surface area (Å²) in [6.45, 7) is 16.6. The van der Waals surface area contributed by atoms with Crippen molar-refractivity contribution in [3.05, 3.63) is 283 Å². The van der Waals surface area contributed by atoms with Crippen molar-refractivity contribution in [3.63, 3.8) is 0 Å². The van der Waals surface area contributed by atoms with Crippen LogP contribution in [0.1, 0.15) is 75.1 Å². The van der Waals surface area contributed by atoms with Gasteiger partial charge < -0.3 is 11.2 Å². The van der Waals surface area contributed by atoms with Crippen molar-refractivity contribution in [2.45, 2.75) is 58.3 Å². The van der Waals surface area contributed by atoms with Crippen molar-refractivity contribution in [2.24, 2.45) is 11.8 Å². The maximum absolute atomic E-state index is 6.25. The minimum absolute atomic E-state index is 0.0688. The zero-order valence-electron chi connectivity index (χ0n) is 38.8. The van der Waals surface area contributed by atoms with Crippen LogP contribution in [-0.4, -0.2) is 0 Å². The molecular formula is C62H67N3. The van der Waals surface area contributed by atoms with Gasteiger partial charge in [-0.3, -0.25) is 5.84 Å². The average Bonchev–Trinajstić information content (AvgIpc) is 3.64. The molecule has 0 aromatic heterocycles. The predicted molar refractivity (Wildman–Crippen MR) is 285 cm³/mol. The van der Waals surface area contributed by atoms with Crippen molar-refractivity contribution in [3.8, 4) is 11.1 Å². The lowest BCUT2D eigenvalue weighted by Gasteiger charge is -2.37. The fourth-order valence-electron chi connectivity index (χ4n) is 8.81. The Morgan fingerprint density at radius 3 is 1.75 bits per heavy atom. The number of hydrogen-bond acceptors (Lipinski definition) is 3. The van der Waals surface area contributed by atoms with Crippen LogP contribution >= 0.6 is 0 Å². The van der Waals surface area contributed by atoms with Gasteiger partial charge in [0, 0.05) is 11.6 Å². The molecule has 0 saturated heterocycles. The van der Waals surface area contributed by atoms with E-state index in [4.69, 9.17) is 11.6 Å². The van der Waals surface area contributed by atoms with Crippen LogP contribution in [-0.2, 0) is 5.41 Å². The average molecular weight is 854 g/mol. The molecule has 2 atom stereocenters. The molecule has 0 aliphatic heterocycles. The molecule has 8 rings (SSSR count). The molecule has 0 fully saturated rings. The van der Waals surface area contributed by atoms with Gasteiger partial charge in [-0.05, 0) is 93.0 Å². The first-order chi connectivity index (χ1) is 32.1. The Kier molecular flexibility index (Phi) is 19.4. The Hall–Kier alpha value is -7.20. The third-order valence-corrected chi connectivity index (χ3v) is 11.6. The molecule has 5 N–H and O–H groups in total. The number of nitrogens with two attached hydrogens (primary N) is 2. The van der Waals surface area contributed by atoms with Crippen molar-refractivity contribution in [1.82, 2.24) is 5.43 Å². The SMILES string of the molecule is C=CCC(/C=C\CCC1=C(C=C)C2(C3=C\C=C/C=C\C2=C\C=C/C=C\3)c2ccccc21)C(/C=C(\NN)c1ccc(-c2ccccc2)cc1)c1ccccc1.CC.CC.Nc1ccccc1. The summed E-state index contributed by atoms with van der Waals surface area (Å²) in [6, 6.07) is 48.2. The number of nitrogens with one attached hydrogen (secondary N) is 1. The molecule has 0 heterocycles. The van der Waals surface area contributed by atoms with Gasteiger partial charge in [0.25, 0.3) is 0 Å².